The van der Waals surface area contributed by atoms with Crippen LogP contribution in [0.1, 0.15) is 15.9 Å². The van der Waals surface area contributed by atoms with Gasteiger partial charge in [0.1, 0.15) is 5.70 Å². The van der Waals surface area contributed by atoms with Gasteiger partial charge in [-0.15, -0.1) is 0 Å². The highest BCUT2D eigenvalue weighted by Gasteiger charge is 2.22. The molecule has 37 heavy (non-hydrogen) atoms. The maximum atomic E-state index is 13.2. The number of amides is 2. The average Bonchev–Trinajstić information content (AvgIpc) is 3.28. The maximum absolute atomic E-state index is 13.2. The number of para-hydroxylation sites is 1. The second kappa shape index (κ2) is 11.7. The van der Waals surface area contributed by atoms with E-state index in [1.54, 1.807) is 54.6 Å². The summed E-state index contributed by atoms with van der Waals surface area (Å²) in [5.41, 5.74) is 1.35. The second-order valence-corrected chi connectivity index (χ2v) is 10.8. The number of hydrogen-bond acceptors (Lipinski definition) is 6. The molecule has 196 valence electrons. The summed E-state index contributed by atoms with van der Waals surface area (Å²) in [6, 6.07) is 15.6. The van der Waals surface area contributed by atoms with Crippen LogP contribution < -0.4 is 10.6 Å². The van der Waals surface area contributed by atoms with Crippen LogP contribution in [-0.4, -0.2) is 86.9 Å². The minimum absolute atomic E-state index is 0.0148. The van der Waals surface area contributed by atoms with Crippen molar-refractivity contribution in [1.29, 1.82) is 0 Å². The van der Waals surface area contributed by atoms with Gasteiger partial charge in [-0.25, -0.2) is 3.97 Å². The Morgan fingerprint density at radius 3 is 2.41 bits per heavy atom. The third-order valence-electron chi connectivity index (χ3n) is 6.06. The predicted octanol–water partition coefficient (Wildman–Crippen LogP) is 1.52. The third kappa shape index (κ3) is 6.25. The Hall–Kier alpha value is -3.51. The predicted molar refractivity (Wildman–Crippen MR) is 142 cm³/mol. The third-order valence-corrected chi connectivity index (χ3v) is 7.79. The van der Waals surface area contributed by atoms with Gasteiger partial charge >= 0.3 is 10.2 Å². The average molecular weight is 526 g/mol. The van der Waals surface area contributed by atoms with Crippen molar-refractivity contribution in [3.05, 3.63) is 77.6 Å². The first-order chi connectivity index (χ1) is 17.8. The molecule has 0 radical (unpaired) electrons. The monoisotopic (exact) mass is 525 g/mol. The lowest BCUT2D eigenvalue weighted by Gasteiger charge is -2.26. The van der Waals surface area contributed by atoms with Crippen LogP contribution in [0.25, 0.3) is 17.0 Å². The molecule has 11 heteroatoms. The summed E-state index contributed by atoms with van der Waals surface area (Å²) in [6.45, 7) is 3.94. The van der Waals surface area contributed by atoms with Crippen LogP contribution in [0.4, 0.5) is 0 Å². The lowest BCUT2D eigenvalue weighted by Crippen LogP contribution is -2.42. The molecule has 1 fully saturated rings. The van der Waals surface area contributed by atoms with E-state index in [0.717, 1.165) is 17.4 Å². The number of aromatic nitrogens is 1. The molecule has 4 rings (SSSR count). The van der Waals surface area contributed by atoms with Gasteiger partial charge in [-0.1, -0.05) is 36.4 Å². The van der Waals surface area contributed by atoms with Crippen molar-refractivity contribution in [2.75, 3.05) is 53.5 Å². The Morgan fingerprint density at radius 2 is 1.70 bits per heavy atom. The van der Waals surface area contributed by atoms with E-state index in [9.17, 15) is 18.0 Å². The number of benzene rings is 2. The summed E-state index contributed by atoms with van der Waals surface area (Å²) in [4.78, 5) is 28.3. The molecule has 0 aliphatic carbocycles. The molecule has 0 bridgehead atoms. The number of morpholine rings is 1. The van der Waals surface area contributed by atoms with E-state index in [4.69, 9.17) is 4.74 Å². The van der Waals surface area contributed by atoms with Crippen molar-refractivity contribution >= 4 is 39.0 Å². The fraction of sp³-hybridized carbons (Fsp3) is 0.308. The molecule has 0 saturated carbocycles. The molecule has 1 aliphatic heterocycles. The minimum atomic E-state index is -3.81. The van der Waals surface area contributed by atoms with E-state index < -0.39 is 22.0 Å². The molecule has 2 aromatic carbocycles. The largest absolute Gasteiger partial charge is 0.379 e. The van der Waals surface area contributed by atoms with Crippen molar-refractivity contribution in [3.63, 3.8) is 0 Å². The van der Waals surface area contributed by atoms with Crippen LogP contribution >= 0.6 is 0 Å². The molecule has 2 N–H and O–H groups in total. The summed E-state index contributed by atoms with van der Waals surface area (Å²) in [5.74, 6) is -0.912. The van der Waals surface area contributed by atoms with E-state index >= 15 is 0 Å². The van der Waals surface area contributed by atoms with E-state index in [1.807, 2.05) is 0 Å². The summed E-state index contributed by atoms with van der Waals surface area (Å²) in [7, 11) is -0.911. The smallest absolute Gasteiger partial charge is 0.307 e. The number of carbonyl (C=O) groups excluding carboxylic acids is 2. The summed E-state index contributed by atoms with van der Waals surface area (Å²) < 4.78 is 33.5. The molecule has 2 heterocycles. The van der Waals surface area contributed by atoms with E-state index in [0.29, 0.717) is 48.3 Å². The quantitative estimate of drug-likeness (QED) is 0.410. The van der Waals surface area contributed by atoms with Gasteiger partial charge in [0.05, 0.1) is 18.7 Å². The Morgan fingerprint density at radius 1 is 1.03 bits per heavy atom. The van der Waals surface area contributed by atoms with Gasteiger partial charge in [-0.05, 0) is 24.3 Å². The molecule has 2 amide bonds. The molecular formula is C26H31N5O5S. The van der Waals surface area contributed by atoms with Crippen LogP contribution in [0.5, 0.6) is 0 Å². The van der Waals surface area contributed by atoms with Gasteiger partial charge in [-0.3, -0.25) is 14.5 Å². The SMILES string of the molecule is CN(C)S(=O)(=O)n1cc(/C=C(\NC(=O)c2ccccc2)C(=O)NCCN2CCOCC2)c2ccccc21. The van der Waals surface area contributed by atoms with E-state index in [-0.39, 0.29) is 5.70 Å². The number of ether oxygens (including phenoxy) is 1. The first-order valence-electron chi connectivity index (χ1n) is 12.0. The zero-order valence-corrected chi connectivity index (χ0v) is 21.7. The normalized spacial score (nSPS) is 15.2. The zero-order chi connectivity index (χ0) is 26.4. The van der Waals surface area contributed by atoms with E-state index in [1.165, 1.54) is 30.3 Å². The molecule has 0 atom stereocenters. The Kier molecular flexibility index (Phi) is 8.39. The Bertz CT molecular complexity index is 1390. The van der Waals surface area contributed by atoms with Gasteiger partial charge < -0.3 is 15.4 Å². The summed E-state index contributed by atoms with van der Waals surface area (Å²) >= 11 is 0. The standard InChI is InChI=1S/C26H31N5O5S/c1-29(2)37(34,35)31-19-21(22-10-6-7-11-24(22)31)18-23(28-25(32)20-8-4-3-5-9-20)26(33)27-12-13-30-14-16-36-17-15-30/h3-11,18-19H,12-17H2,1-2H3,(H,27,33)(H,28,32)/b23-18-. The zero-order valence-electron chi connectivity index (χ0n) is 20.9. The molecule has 3 aromatic rings. The lowest BCUT2D eigenvalue weighted by molar-refractivity contribution is -0.117. The number of nitrogens with one attached hydrogen (secondary N) is 2. The first kappa shape index (κ1) is 26.6. The highest BCUT2D eigenvalue weighted by molar-refractivity contribution is 7.87. The highest BCUT2D eigenvalue weighted by atomic mass is 32.2. The Labute approximate surface area is 216 Å². The number of nitrogens with zero attached hydrogens (tertiary/aromatic N) is 3. The Balaban J connectivity index is 1.66. The molecule has 1 aromatic heterocycles. The van der Waals surface area contributed by atoms with Crippen molar-refractivity contribution in [3.8, 4) is 0 Å². The second-order valence-electron chi connectivity index (χ2n) is 8.78. The summed E-state index contributed by atoms with van der Waals surface area (Å²) in [5, 5.41) is 6.21. The minimum Gasteiger partial charge on any atom is -0.379 e. The number of fused-ring (bicyclic) bond motifs is 1. The van der Waals surface area contributed by atoms with Crippen LogP contribution in [0, 0.1) is 0 Å². The van der Waals surface area contributed by atoms with Gasteiger partial charge in [0, 0.05) is 63.0 Å². The maximum Gasteiger partial charge on any atom is 0.307 e. The molecule has 1 saturated heterocycles. The van der Waals surface area contributed by atoms with Crippen molar-refractivity contribution in [2.24, 2.45) is 0 Å². The van der Waals surface area contributed by atoms with Crippen LogP contribution in [0.2, 0.25) is 0 Å². The van der Waals surface area contributed by atoms with Gasteiger partial charge in [0.15, 0.2) is 0 Å². The number of hydrogen-bond donors (Lipinski definition) is 2. The number of carbonyl (C=O) groups is 2. The molecule has 10 nitrogen and oxygen atoms in total. The number of rotatable bonds is 9. The molecule has 1 aliphatic rings. The topological polar surface area (TPSA) is 113 Å². The van der Waals surface area contributed by atoms with Crippen LogP contribution in [0.3, 0.4) is 0 Å². The summed E-state index contributed by atoms with van der Waals surface area (Å²) in [6.07, 6.45) is 2.96. The van der Waals surface area contributed by atoms with Gasteiger partial charge in [0.25, 0.3) is 11.8 Å². The molecular weight excluding hydrogens is 494 g/mol. The van der Waals surface area contributed by atoms with Gasteiger partial charge in [0.2, 0.25) is 0 Å². The molecule has 0 unspecified atom stereocenters. The van der Waals surface area contributed by atoms with Crippen LogP contribution in [0.15, 0.2) is 66.5 Å². The lowest BCUT2D eigenvalue weighted by atomic mass is 10.1. The molecule has 0 spiro atoms. The fourth-order valence-electron chi connectivity index (χ4n) is 4.00. The van der Waals surface area contributed by atoms with Crippen LogP contribution in [-0.2, 0) is 19.7 Å². The first-order valence-corrected chi connectivity index (χ1v) is 13.4. The van der Waals surface area contributed by atoms with Crippen molar-refractivity contribution < 1.29 is 22.7 Å². The highest BCUT2D eigenvalue weighted by Crippen LogP contribution is 2.25. The van der Waals surface area contributed by atoms with Crippen molar-refractivity contribution in [1.82, 2.24) is 23.8 Å². The van der Waals surface area contributed by atoms with Gasteiger partial charge in [-0.2, -0.15) is 12.7 Å². The fourth-order valence-corrected chi connectivity index (χ4v) is 5.01. The van der Waals surface area contributed by atoms with E-state index in [2.05, 4.69) is 15.5 Å². The van der Waals surface area contributed by atoms with Crippen molar-refractivity contribution in [2.45, 2.75) is 0 Å².